The second kappa shape index (κ2) is 5.32. The van der Waals surface area contributed by atoms with Gasteiger partial charge in [0, 0.05) is 6.54 Å². The Labute approximate surface area is 103 Å². The monoisotopic (exact) mass is 234 g/mol. The Morgan fingerprint density at radius 2 is 2.00 bits per heavy atom. The number of amides is 1. The summed E-state index contributed by atoms with van der Waals surface area (Å²) in [6.07, 6.45) is 0. The van der Waals surface area contributed by atoms with Crippen molar-refractivity contribution >= 4 is 5.91 Å². The third-order valence-electron chi connectivity index (χ3n) is 3.13. The lowest BCUT2D eigenvalue weighted by Gasteiger charge is -2.25. The highest BCUT2D eigenvalue weighted by molar-refractivity contribution is 5.82. The average Bonchev–Trinajstić information content (AvgIpc) is 2.29. The maximum Gasteiger partial charge on any atom is 0.227 e. The van der Waals surface area contributed by atoms with Gasteiger partial charge in [0.05, 0.1) is 11.5 Å². The van der Waals surface area contributed by atoms with Crippen molar-refractivity contribution in [1.29, 1.82) is 0 Å². The van der Waals surface area contributed by atoms with Crippen molar-refractivity contribution in [2.75, 3.05) is 6.54 Å². The van der Waals surface area contributed by atoms with Crippen LogP contribution < -0.4 is 11.1 Å². The SMILES string of the molecule is Cc1ccccc1C(C)NC(=O)C(C)(C)CN. The van der Waals surface area contributed by atoms with E-state index in [0.717, 1.165) is 5.56 Å². The van der Waals surface area contributed by atoms with Crippen molar-refractivity contribution in [2.45, 2.75) is 33.7 Å². The van der Waals surface area contributed by atoms with Crippen LogP contribution in [-0.2, 0) is 4.79 Å². The molecule has 1 rings (SSSR count). The molecular formula is C14H22N2O. The molecule has 3 N–H and O–H groups in total. The van der Waals surface area contributed by atoms with E-state index in [-0.39, 0.29) is 11.9 Å². The summed E-state index contributed by atoms with van der Waals surface area (Å²) in [7, 11) is 0. The van der Waals surface area contributed by atoms with Crippen molar-refractivity contribution in [3.8, 4) is 0 Å². The first kappa shape index (κ1) is 13.7. The van der Waals surface area contributed by atoms with Gasteiger partial charge in [0.2, 0.25) is 5.91 Å². The maximum atomic E-state index is 12.0. The predicted molar refractivity (Wildman–Crippen MR) is 70.6 cm³/mol. The van der Waals surface area contributed by atoms with Gasteiger partial charge < -0.3 is 11.1 Å². The molecule has 0 aromatic heterocycles. The number of rotatable bonds is 4. The van der Waals surface area contributed by atoms with E-state index in [0.29, 0.717) is 6.54 Å². The van der Waals surface area contributed by atoms with Gasteiger partial charge in [0.1, 0.15) is 0 Å². The molecule has 0 saturated heterocycles. The first-order chi connectivity index (χ1) is 7.88. The molecule has 1 amide bonds. The number of carbonyl (C=O) groups is 1. The van der Waals surface area contributed by atoms with Gasteiger partial charge in [-0.3, -0.25) is 4.79 Å². The number of hydrogen-bond acceptors (Lipinski definition) is 2. The number of nitrogens with one attached hydrogen (secondary N) is 1. The number of nitrogens with two attached hydrogens (primary N) is 1. The van der Waals surface area contributed by atoms with Crippen LogP contribution in [0, 0.1) is 12.3 Å². The van der Waals surface area contributed by atoms with Crippen LogP contribution in [0.4, 0.5) is 0 Å². The molecular weight excluding hydrogens is 212 g/mol. The van der Waals surface area contributed by atoms with E-state index in [1.807, 2.05) is 52.0 Å². The minimum atomic E-state index is -0.517. The third kappa shape index (κ3) is 3.30. The van der Waals surface area contributed by atoms with Crippen LogP contribution in [0.25, 0.3) is 0 Å². The van der Waals surface area contributed by atoms with Crippen LogP contribution in [-0.4, -0.2) is 12.5 Å². The number of aryl methyl sites for hydroxylation is 1. The van der Waals surface area contributed by atoms with E-state index in [9.17, 15) is 4.79 Å². The summed E-state index contributed by atoms with van der Waals surface area (Å²) in [5.41, 5.74) is 7.41. The lowest BCUT2D eigenvalue weighted by atomic mass is 9.91. The minimum absolute atomic E-state index is 0.00393. The van der Waals surface area contributed by atoms with Crippen molar-refractivity contribution < 1.29 is 4.79 Å². The molecule has 0 aliphatic heterocycles. The van der Waals surface area contributed by atoms with Crippen LogP contribution in [0.5, 0.6) is 0 Å². The zero-order valence-corrected chi connectivity index (χ0v) is 11.1. The smallest absolute Gasteiger partial charge is 0.227 e. The Morgan fingerprint density at radius 1 is 1.41 bits per heavy atom. The van der Waals surface area contributed by atoms with Crippen LogP contribution in [0.1, 0.15) is 37.9 Å². The van der Waals surface area contributed by atoms with E-state index >= 15 is 0 Å². The summed E-state index contributed by atoms with van der Waals surface area (Å²) in [6, 6.07) is 8.08. The second-order valence-electron chi connectivity index (χ2n) is 5.14. The first-order valence-corrected chi connectivity index (χ1v) is 5.95. The van der Waals surface area contributed by atoms with Gasteiger partial charge in [-0.05, 0) is 38.8 Å². The molecule has 1 aromatic rings. The van der Waals surface area contributed by atoms with Crippen LogP contribution in [0.15, 0.2) is 24.3 Å². The summed E-state index contributed by atoms with van der Waals surface area (Å²) in [5, 5.41) is 3.01. The molecule has 3 heteroatoms. The molecule has 0 aliphatic rings. The largest absolute Gasteiger partial charge is 0.349 e. The number of hydrogen-bond donors (Lipinski definition) is 2. The van der Waals surface area contributed by atoms with E-state index in [1.54, 1.807) is 0 Å². The highest BCUT2D eigenvalue weighted by atomic mass is 16.2. The van der Waals surface area contributed by atoms with Gasteiger partial charge in [-0.1, -0.05) is 24.3 Å². The molecule has 94 valence electrons. The van der Waals surface area contributed by atoms with Gasteiger partial charge in [0.15, 0.2) is 0 Å². The predicted octanol–water partition coefficient (Wildman–Crippen LogP) is 2.16. The summed E-state index contributed by atoms with van der Waals surface area (Å²) >= 11 is 0. The van der Waals surface area contributed by atoms with Crippen molar-refractivity contribution in [1.82, 2.24) is 5.32 Å². The maximum absolute atomic E-state index is 12.0. The van der Waals surface area contributed by atoms with Crippen molar-refractivity contribution in [2.24, 2.45) is 11.1 Å². The molecule has 17 heavy (non-hydrogen) atoms. The van der Waals surface area contributed by atoms with Gasteiger partial charge >= 0.3 is 0 Å². The van der Waals surface area contributed by atoms with E-state index in [1.165, 1.54) is 5.56 Å². The van der Waals surface area contributed by atoms with Gasteiger partial charge in [0.25, 0.3) is 0 Å². The molecule has 3 nitrogen and oxygen atoms in total. The second-order valence-corrected chi connectivity index (χ2v) is 5.14. The van der Waals surface area contributed by atoms with Crippen molar-refractivity contribution in [3.63, 3.8) is 0 Å². The summed E-state index contributed by atoms with van der Waals surface area (Å²) in [4.78, 5) is 12.0. The summed E-state index contributed by atoms with van der Waals surface area (Å²) in [6.45, 7) is 8.10. The molecule has 0 radical (unpaired) electrons. The topological polar surface area (TPSA) is 55.1 Å². The van der Waals surface area contributed by atoms with E-state index in [2.05, 4.69) is 5.32 Å². The molecule has 0 fully saturated rings. The molecule has 0 spiro atoms. The van der Waals surface area contributed by atoms with Crippen LogP contribution in [0.3, 0.4) is 0 Å². The van der Waals surface area contributed by atoms with E-state index in [4.69, 9.17) is 5.73 Å². The quantitative estimate of drug-likeness (QED) is 0.838. The molecule has 0 heterocycles. The molecule has 1 atom stereocenters. The zero-order chi connectivity index (χ0) is 13.1. The molecule has 1 aromatic carbocycles. The fourth-order valence-corrected chi connectivity index (χ4v) is 1.64. The van der Waals surface area contributed by atoms with Crippen LogP contribution in [0.2, 0.25) is 0 Å². The van der Waals surface area contributed by atoms with Crippen molar-refractivity contribution in [3.05, 3.63) is 35.4 Å². The lowest BCUT2D eigenvalue weighted by Crippen LogP contribution is -2.42. The lowest BCUT2D eigenvalue weighted by molar-refractivity contribution is -0.129. The van der Waals surface area contributed by atoms with Gasteiger partial charge in [-0.25, -0.2) is 0 Å². The van der Waals surface area contributed by atoms with Crippen LogP contribution >= 0.6 is 0 Å². The fourth-order valence-electron chi connectivity index (χ4n) is 1.64. The number of benzene rings is 1. The Bertz CT molecular complexity index is 399. The fraction of sp³-hybridized carbons (Fsp3) is 0.500. The average molecular weight is 234 g/mol. The zero-order valence-electron chi connectivity index (χ0n) is 11.1. The molecule has 1 unspecified atom stereocenters. The van der Waals surface area contributed by atoms with Gasteiger partial charge in [-0.2, -0.15) is 0 Å². The third-order valence-corrected chi connectivity index (χ3v) is 3.13. The Morgan fingerprint density at radius 3 is 2.53 bits per heavy atom. The normalized spacial score (nSPS) is 13.2. The Kier molecular flexibility index (Phi) is 4.29. The molecule has 0 aliphatic carbocycles. The molecule has 0 saturated carbocycles. The standard InChI is InChI=1S/C14H22N2O/c1-10-7-5-6-8-12(10)11(2)16-13(17)14(3,4)9-15/h5-8,11H,9,15H2,1-4H3,(H,16,17). The van der Waals surface area contributed by atoms with E-state index < -0.39 is 5.41 Å². The molecule has 0 bridgehead atoms. The highest BCUT2D eigenvalue weighted by Crippen LogP contribution is 2.19. The van der Waals surface area contributed by atoms with Gasteiger partial charge in [-0.15, -0.1) is 0 Å². The minimum Gasteiger partial charge on any atom is -0.349 e. The Balaban J connectivity index is 2.77. The Hall–Kier alpha value is -1.35. The number of carbonyl (C=O) groups excluding carboxylic acids is 1. The summed E-state index contributed by atoms with van der Waals surface area (Å²) < 4.78 is 0. The summed E-state index contributed by atoms with van der Waals surface area (Å²) in [5.74, 6) is -0.00393. The highest BCUT2D eigenvalue weighted by Gasteiger charge is 2.27. The first-order valence-electron chi connectivity index (χ1n) is 5.95.